The van der Waals surface area contributed by atoms with E-state index in [4.69, 9.17) is 16.3 Å². The maximum absolute atomic E-state index is 10.5. The van der Waals surface area contributed by atoms with Crippen LogP contribution in [0.1, 0.15) is 27.7 Å². The summed E-state index contributed by atoms with van der Waals surface area (Å²) in [7, 11) is 0. The van der Waals surface area contributed by atoms with Crippen molar-refractivity contribution in [2.75, 3.05) is 0 Å². The molecular formula is C10H15ClO2. The fourth-order valence-corrected chi connectivity index (χ4v) is 1.71. The number of carbonyl (C=O) groups excluding carboxylic acids is 1. The third-order valence-electron chi connectivity index (χ3n) is 2.54. The molecule has 3 heteroatoms. The van der Waals surface area contributed by atoms with Crippen molar-refractivity contribution in [1.29, 1.82) is 0 Å². The number of halogens is 1. The van der Waals surface area contributed by atoms with Crippen molar-refractivity contribution in [1.82, 2.24) is 0 Å². The van der Waals surface area contributed by atoms with Crippen molar-refractivity contribution >= 4 is 17.0 Å². The van der Waals surface area contributed by atoms with Gasteiger partial charge in [0, 0.05) is 22.9 Å². The van der Waals surface area contributed by atoms with Gasteiger partial charge in [0.15, 0.2) is 0 Å². The van der Waals surface area contributed by atoms with E-state index in [1.807, 2.05) is 13.8 Å². The highest BCUT2D eigenvalue weighted by molar-refractivity contribution is 6.61. The first kappa shape index (κ1) is 10.6. The molecule has 1 aliphatic rings. The molecule has 0 amide bonds. The lowest BCUT2D eigenvalue weighted by Gasteiger charge is -1.99. The van der Waals surface area contributed by atoms with Crippen LogP contribution in [0.3, 0.4) is 0 Å². The number of allylic oxidation sites excluding steroid dienone is 1. The fraction of sp³-hybridized carbons (Fsp3) is 0.700. The van der Waals surface area contributed by atoms with Gasteiger partial charge in [-0.05, 0) is 13.8 Å². The van der Waals surface area contributed by atoms with E-state index >= 15 is 0 Å². The number of ether oxygens (including phenoxy) is 1. The molecule has 2 atom stereocenters. The Morgan fingerprint density at radius 1 is 1.46 bits per heavy atom. The van der Waals surface area contributed by atoms with Crippen LogP contribution in [0.5, 0.6) is 0 Å². The minimum absolute atomic E-state index is 0.0435. The van der Waals surface area contributed by atoms with E-state index in [-0.39, 0.29) is 11.5 Å². The Bertz CT molecular complexity index is 252. The lowest BCUT2D eigenvalue weighted by atomic mass is 10.1. The van der Waals surface area contributed by atoms with Crippen molar-refractivity contribution in [3.8, 4) is 0 Å². The van der Waals surface area contributed by atoms with E-state index < -0.39 is 5.43 Å². The third-order valence-corrected chi connectivity index (χ3v) is 2.63. The van der Waals surface area contributed by atoms with Gasteiger partial charge >= 0.3 is 5.43 Å². The Morgan fingerprint density at radius 2 is 2.00 bits per heavy atom. The molecule has 0 aromatic carbocycles. The molecule has 2 unspecified atom stereocenters. The molecule has 2 nitrogen and oxygen atoms in total. The molecule has 0 aromatic heterocycles. The summed E-state index contributed by atoms with van der Waals surface area (Å²) in [6.45, 7) is 8.21. The van der Waals surface area contributed by atoms with Gasteiger partial charge in [0.05, 0.1) is 0 Å². The first-order valence-electron chi connectivity index (χ1n) is 4.37. The molecule has 0 saturated heterocycles. The zero-order chi connectivity index (χ0) is 10.2. The van der Waals surface area contributed by atoms with E-state index in [2.05, 4.69) is 19.9 Å². The molecule has 1 rings (SSSR count). The minimum atomic E-state index is -0.706. The molecular weight excluding hydrogens is 188 g/mol. The molecule has 74 valence electrons. The van der Waals surface area contributed by atoms with Gasteiger partial charge < -0.3 is 4.74 Å². The van der Waals surface area contributed by atoms with E-state index in [1.54, 1.807) is 0 Å². The molecule has 1 aliphatic carbocycles. The summed E-state index contributed by atoms with van der Waals surface area (Å²) in [5.41, 5.74) is 0.580. The maximum Gasteiger partial charge on any atom is 0.404 e. The number of rotatable bonds is 2. The van der Waals surface area contributed by atoms with Gasteiger partial charge in [-0.25, -0.2) is 4.79 Å². The Labute approximate surface area is 83.9 Å². The van der Waals surface area contributed by atoms with Crippen LogP contribution in [0.4, 0.5) is 4.79 Å². The highest BCUT2D eigenvalue weighted by atomic mass is 35.5. The van der Waals surface area contributed by atoms with Crippen molar-refractivity contribution < 1.29 is 9.53 Å². The number of carbonyl (C=O) groups is 1. The molecule has 0 aromatic rings. The first-order valence-corrected chi connectivity index (χ1v) is 4.74. The predicted octanol–water partition coefficient (Wildman–Crippen LogP) is 3.35. The van der Waals surface area contributed by atoms with Gasteiger partial charge in [-0.3, -0.25) is 0 Å². The molecule has 0 radical (unpaired) electrons. The first-order chi connectivity index (χ1) is 5.85. The van der Waals surface area contributed by atoms with Crippen LogP contribution in [0.2, 0.25) is 0 Å². The van der Waals surface area contributed by atoms with Crippen LogP contribution in [0, 0.1) is 11.3 Å². The van der Waals surface area contributed by atoms with Gasteiger partial charge in [0.1, 0.15) is 6.10 Å². The third kappa shape index (κ3) is 2.25. The smallest absolute Gasteiger partial charge is 0.404 e. The van der Waals surface area contributed by atoms with Crippen LogP contribution in [0.25, 0.3) is 0 Å². The molecule has 0 spiro atoms. The summed E-state index contributed by atoms with van der Waals surface area (Å²) in [5, 5.41) is 0. The number of hydrogen-bond donors (Lipinski definition) is 0. The van der Waals surface area contributed by atoms with Crippen LogP contribution in [-0.2, 0) is 4.74 Å². The quantitative estimate of drug-likeness (QED) is 0.507. The second kappa shape index (κ2) is 3.33. The molecule has 1 saturated carbocycles. The molecule has 0 bridgehead atoms. The average Bonchev–Trinajstić information content (AvgIpc) is 2.36. The summed E-state index contributed by atoms with van der Waals surface area (Å²) in [6.07, 6.45) is 2.08. The lowest BCUT2D eigenvalue weighted by Crippen LogP contribution is -2.03. The Morgan fingerprint density at radius 3 is 2.38 bits per heavy atom. The Kier molecular flexibility index (Phi) is 2.71. The zero-order valence-electron chi connectivity index (χ0n) is 8.43. The monoisotopic (exact) mass is 202 g/mol. The average molecular weight is 203 g/mol. The van der Waals surface area contributed by atoms with E-state index in [9.17, 15) is 4.79 Å². The van der Waals surface area contributed by atoms with Gasteiger partial charge in [-0.2, -0.15) is 0 Å². The normalized spacial score (nSPS) is 29.3. The fourth-order valence-electron chi connectivity index (χ4n) is 1.62. The van der Waals surface area contributed by atoms with Gasteiger partial charge in [0.25, 0.3) is 0 Å². The summed E-state index contributed by atoms with van der Waals surface area (Å²) >= 11 is 5.16. The van der Waals surface area contributed by atoms with Crippen LogP contribution in [0.15, 0.2) is 11.6 Å². The standard InChI is InChI=1S/C10H15ClO2/c1-6(2)5-7-8(10(7,3)4)13-9(11)12/h5,7-8H,1-4H3. The van der Waals surface area contributed by atoms with Gasteiger partial charge in [-0.1, -0.05) is 25.5 Å². The second-order valence-electron chi connectivity index (χ2n) is 4.37. The van der Waals surface area contributed by atoms with Crippen LogP contribution >= 0.6 is 11.6 Å². The topological polar surface area (TPSA) is 26.3 Å². The molecule has 0 N–H and O–H groups in total. The lowest BCUT2D eigenvalue weighted by molar-refractivity contribution is 0.150. The Hall–Kier alpha value is -0.500. The minimum Gasteiger partial charge on any atom is -0.449 e. The Balaban J connectivity index is 2.61. The second-order valence-corrected chi connectivity index (χ2v) is 4.68. The van der Waals surface area contributed by atoms with E-state index in [1.165, 1.54) is 5.57 Å². The van der Waals surface area contributed by atoms with Gasteiger partial charge in [-0.15, -0.1) is 0 Å². The summed E-state index contributed by atoms with van der Waals surface area (Å²) in [4.78, 5) is 10.5. The summed E-state index contributed by atoms with van der Waals surface area (Å²) in [6, 6.07) is 0. The van der Waals surface area contributed by atoms with Crippen molar-refractivity contribution in [3.63, 3.8) is 0 Å². The van der Waals surface area contributed by atoms with Crippen LogP contribution in [-0.4, -0.2) is 11.5 Å². The summed E-state index contributed by atoms with van der Waals surface area (Å²) < 4.78 is 4.97. The maximum atomic E-state index is 10.5. The highest BCUT2D eigenvalue weighted by Gasteiger charge is 2.59. The van der Waals surface area contributed by atoms with Gasteiger partial charge in [0.2, 0.25) is 0 Å². The predicted molar refractivity (Wildman–Crippen MR) is 52.8 cm³/mol. The van der Waals surface area contributed by atoms with Crippen molar-refractivity contribution in [2.45, 2.75) is 33.8 Å². The molecule has 13 heavy (non-hydrogen) atoms. The van der Waals surface area contributed by atoms with E-state index in [0.29, 0.717) is 5.92 Å². The molecule has 0 heterocycles. The van der Waals surface area contributed by atoms with Crippen molar-refractivity contribution in [2.24, 2.45) is 11.3 Å². The summed E-state index contributed by atoms with van der Waals surface area (Å²) in [5.74, 6) is 0.320. The highest BCUT2D eigenvalue weighted by Crippen LogP contribution is 2.55. The largest absolute Gasteiger partial charge is 0.449 e. The van der Waals surface area contributed by atoms with Crippen LogP contribution < -0.4 is 0 Å². The molecule has 0 aliphatic heterocycles. The van der Waals surface area contributed by atoms with E-state index in [0.717, 1.165) is 0 Å². The molecule has 1 fully saturated rings. The van der Waals surface area contributed by atoms with Crippen molar-refractivity contribution in [3.05, 3.63) is 11.6 Å². The SMILES string of the molecule is CC(C)=CC1C(OC(=O)Cl)C1(C)C. The zero-order valence-corrected chi connectivity index (χ0v) is 9.18. The number of hydrogen-bond acceptors (Lipinski definition) is 2.